The lowest BCUT2D eigenvalue weighted by Crippen LogP contribution is -2.17. The first-order chi connectivity index (χ1) is 10.0. The highest BCUT2D eigenvalue weighted by atomic mass is 32.1. The molecule has 6 heteroatoms. The van der Waals surface area contributed by atoms with Crippen LogP contribution >= 0.6 is 11.3 Å². The normalized spacial score (nSPS) is 11.9. The molecule has 0 aliphatic carbocycles. The Morgan fingerprint density at radius 3 is 2.57 bits per heavy atom. The maximum absolute atomic E-state index is 12.0. The van der Waals surface area contributed by atoms with Crippen LogP contribution in [0.25, 0.3) is 0 Å². The van der Waals surface area contributed by atoms with E-state index in [1.807, 2.05) is 42.6 Å². The fourth-order valence-corrected chi connectivity index (χ4v) is 2.75. The van der Waals surface area contributed by atoms with Crippen molar-refractivity contribution in [3.63, 3.8) is 0 Å². The van der Waals surface area contributed by atoms with Crippen LogP contribution in [-0.2, 0) is 9.59 Å². The van der Waals surface area contributed by atoms with E-state index in [0.29, 0.717) is 5.13 Å². The Kier molecular flexibility index (Phi) is 5.05. The number of aromatic nitrogens is 1. The average molecular weight is 304 g/mol. The molecule has 110 valence electrons. The van der Waals surface area contributed by atoms with Crippen LogP contribution in [0.5, 0.6) is 0 Å². The van der Waals surface area contributed by atoms with Crippen LogP contribution in [0, 0.1) is 6.92 Å². The van der Waals surface area contributed by atoms with Crippen molar-refractivity contribution in [2.45, 2.75) is 25.7 Å². The molecule has 1 heterocycles. The maximum Gasteiger partial charge on any atom is 0.303 e. The second-order valence-electron chi connectivity index (χ2n) is 4.75. The minimum Gasteiger partial charge on any atom is -0.481 e. The smallest absolute Gasteiger partial charge is 0.303 e. The predicted molar refractivity (Wildman–Crippen MR) is 81.5 cm³/mol. The molecule has 2 N–H and O–H groups in total. The van der Waals surface area contributed by atoms with Gasteiger partial charge in [0, 0.05) is 17.7 Å². The number of aryl methyl sites for hydroxylation is 1. The lowest BCUT2D eigenvalue weighted by atomic mass is 9.92. The van der Waals surface area contributed by atoms with E-state index in [2.05, 4.69) is 10.3 Å². The van der Waals surface area contributed by atoms with Gasteiger partial charge in [-0.2, -0.15) is 0 Å². The summed E-state index contributed by atoms with van der Waals surface area (Å²) >= 11 is 1.36. The van der Waals surface area contributed by atoms with E-state index in [4.69, 9.17) is 5.11 Å². The number of rotatable bonds is 6. The SMILES string of the molecule is Cc1csc(NC(=O)C[C@H](CC(=O)O)c2ccccc2)n1. The van der Waals surface area contributed by atoms with Crippen molar-refractivity contribution in [3.05, 3.63) is 47.0 Å². The molecule has 1 aromatic carbocycles. The second-order valence-corrected chi connectivity index (χ2v) is 5.61. The number of aliphatic carboxylic acids is 1. The molecule has 1 aromatic heterocycles. The lowest BCUT2D eigenvalue weighted by Gasteiger charge is -2.14. The predicted octanol–water partition coefficient (Wildman–Crippen LogP) is 3.04. The molecule has 5 nitrogen and oxygen atoms in total. The van der Waals surface area contributed by atoms with Crippen LogP contribution in [-0.4, -0.2) is 22.0 Å². The molecule has 0 spiro atoms. The summed E-state index contributed by atoms with van der Waals surface area (Å²) in [6.07, 6.45) is 0.0449. The molecule has 1 atom stereocenters. The van der Waals surface area contributed by atoms with Gasteiger partial charge in [0.2, 0.25) is 5.91 Å². The summed E-state index contributed by atoms with van der Waals surface area (Å²) in [4.78, 5) is 27.2. The highest BCUT2D eigenvalue weighted by molar-refractivity contribution is 7.13. The lowest BCUT2D eigenvalue weighted by molar-refractivity contribution is -0.137. The minimum atomic E-state index is -0.915. The number of carboxylic acids is 1. The Morgan fingerprint density at radius 2 is 2.00 bits per heavy atom. The standard InChI is InChI=1S/C15H16N2O3S/c1-10-9-21-15(16-10)17-13(18)7-12(8-14(19)20)11-5-3-2-4-6-11/h2-6,9,12H,7-8H2,1H3,(H,19,20)(H,16,17,18)/t12-/m1/s1. The summed E-state index contributed by atoms with van der Waals surface area (Å²) in [7, 11) is 0. The molecule has 21 heavy (non-hydrogen) atoms. The Morgan fingerprint density at radius 1 is 1.29 bits per heavy atom. The van der Waals surface area contributed by atoms with Gasteiger partial charge in [-0.15, -0.1) is 11.3 Å². The number of nitrogens with zero attached hydrogens (tertiary/aromatic N) is 1. The second kappa shape index (κ2) is 6.99. The summed E-state index contributed by atoms with van der Waals surface area (Å²) < 4.78 is 0. The summed E-state index contributed by atoms with van der Waals surface area (Å²) in [5.41, 5.74) is 1.70. The molecule has 0 bridgehead atoms. The summed E-state index contributed by atoms with van der Waals surface area (Å²) in [5.74, 6) is -1.48. The van der Waals surface area contributed by atoms with E-state index in [0.717, 1.165) is 11.3 Å². The maximum atomic E-state index is 12.0. The fourth-order valence-electron chi connectivity index (χ4n) is 2.05. The molecule has 0 saturated carbocycles. The minimum absolute atomic E-state index is 0.0751. The summed E-state index contributed by atoms with van der Waals surface area (Å²) in [5, 5.41) is 14.1. The molecule has 0 unspecified atom stereocenters. The number of carbonyl (C=O) groups excluding carboxylic acids is 1. The van der Waals surface area contributed by atoms with E-state index >= 15 is 0 Å². The zero-order valence-corrected chi connectivity index (χ0v) is 12.4. The largest absolute Gasteiger partial charge is 0.481 e. The van der Waals surface area contributed by atoms with E-state index in [1.54, 1.807) is 0 Å². The van der Waals surface area contributed by atoms with Crippen molar-refractivity contribution in [1.82, 2.24) is 4.98 Å². The Hall–Kier alpha value is -2.21. The number of thiazole rings is 1. The third-order valence-electron chi connectivity index (χ3n) is 2.99. The van der Waals surface area contributed by atoms with E-state index in [-0.39, 0.29) is 24.7 Å². The summed E-state index contributed by atoms with van der Waals surface area (Å²) in [6, 6.07) is 9.22. The third kappa shape index (κ3) is 4.68. The summed E-state index contributed by atoms with van der Waals surface area (Å²) in [6.45, 7) is 1.85. The van der Waals surface area contributed by atoms with E-state index < -0.39 is 5.97 Å². The van der Waals surface area contributed by atoms with Crippen LogP contribution in [0.2, 0.25) is 0 Å². The van der Waals surface area contributed by atoms with Gasteiger partial charge in [-0.3, -0.25) is 9.59 Å². The molecule has 0 aliphatic heterocycles. The van der Waals surface area contributed by atoms with Crippen molar-refractivity contribution in [1.29, 1.82) is 0 Å². The quantitative estimate of drug-likeness (QED) is 0.859. The van der Waals surface area contributed by atoms with Gasteiger partial charge >= 0.3 is 5.97 Å². The van der Waals surface area contributed by atoms with Crippen molar-refractivity contribution in [3.8, 4) is 0 Å². The van der Waals surface area contributed by atoms with E-state index in [1.165, 1.54) is 11.3 Å². The molecule has 1 amide bonds. The average Bonchev–Trinajstić information content (AvgIpc) is 2.83. The monoisotopic (exact) mass is 304 g/mol. The number of benzene rings is 1. The number of carbonyl (C=O) groups is 2. The van der Waals surface area contributed by atoms with Crippen molar-refractivity contribution < 1.29 is 14.7 Å². The number of carboxylic acid groups (broad SMARTS) is 1. The van der Waals surface area contributed by atoms with Crippen LogP contribution in [0.3, 0.4) is 0 Å². The van der Waals surface area contributed by atoms with Gasteiger partial charge in [0.15, 0.2) is 5.13 Å². The first-order valence-electron chi connectivity index (χ1n) is 6.53. The first kappa shape index (κ1) is 15.2. The topological polar surface area (TPSA) is 79.3 Å². The van der Waals surface area contributed by atoms with Crippen LogP contribution in [0.4, 0.5) is 5.13 Å². The highest BCUT2D eigenvalue weighted by Gasteiger charge is 2.19. The number of hydrogen-bond donors (Lipinski definition) is 2. The van der Waals surface area contributed by atoms with Crippen molar-refractivity contribution in [2.24, 2.45) is 0 Å². The Balaban J connectivity index is 2.04. The Bertz CT molecular complexity index is 625. The molecule has 0 aliphatic rings. The Labute approximate surface area is 126 Å². The molecular weight excluding hydrogens is 288 g/mol. The first-order valence-corrected chi connectivity index (χ1v) is 7.41. The zero-order valence-electron chi connectivity index (χ0n) is 11.6. The molecule has 0 radical (unpaired) electrons. The number of nitrogens with one attached hydrogen (secondary N) is 1. The van der Waals surface area contributed by atoms with Gasteiger partial charge in [-0.25, -0.2) is 4.98 Å². The number of anilines is 1. The molecule has 2 rings (SSSR count). The van der Waals surface area contributed by atoms with Gasteiger partial charge in [0.1, 0.15) is 0 Å². The van der Waals surface area contributed by atoms with Crippen LogP contribution in [0.1, 0.15) is 30.0 Å². The van der Waals surface area contributed by atoms with Gasteiger partial charge in [-0.05, 0) is 12.5 Å². The number of hydrogen-bond acceptors (Lipinski definition) is 4. The third-order valence-corrected chi connectivity index (χ3v) is 3.86. The molecule has 2 aromatic rings. The van der Waals surface area contributed by atoms with Gasteiger partial charge in [0.05, 0.1) is 12.1 Å². The van der Waals surface area contributed by atoms with Crippen LogP contribution in [0.15, 0.2) is 35.7 Å². The van der Waals surface area contributed by atoms with Crippen molar-refractivity contribution in [2.75, 3.05) is 5.32 Å². The van der Waals surface area contributed by atoms with Crippen LogP contribution < -0.4 is 5.32 Å². The molecular formula is C15H16N2O3S. The van der Waals surface area contributed by atoms with Crippen molar-refractivity contribution >= 4 is 28.3 Å². The number of amides is 1. The van der Waals surface area contributed by atoms with Gasteiger partial charge < -0.3 is 10.4 Å². The molecule has 0 fully saturated rings. The highest BCUT2D eigenvalue weighted by Crippen LogP contribution is 2.24. The van der Waals surface area contributed by atoms with E-state index in [9.17, 15) is 9.59 Å². The zero-order chi connectivity index (χ0) is 15.2. The van der Waals surface area contributed by atoms with Gasteiger partial charge in [-0.1, -0.05) is 30.3 Å². The fraction of sp³-hybridized carbons (Fsp3) is 0.267. The van der Waals surface area contributed by atoms with Gasteiger partial charge in [0.25, 0.3) is 0 Å². The molecule has 0 saturated heterocycles.